The second-order valence-electron chi connectivity index (χ2n) is 4.41. The lowest BCUT2D eigenvalue weighted by Crippen LogP contribution is -2.03. The predicted octanol–water partition coefficient (Wildman–Crippen LogP) is 3.32. The number of halogens is 1. The van der Waals surface area contributed by atoms with Crippen molar-refractivity contribution >= 4 is 34.6 Å². The fourth-order valence-corrected chi connectivity index (χ4v) is 2.04. The molecule has 8 heteroatoms. The highest BCUT2D eigenvalue weighted by atomic mass is 35.5. The molecule has 2 aromatic rings. The van der Waals surface area contributed by atoms with Crippen molar-refractivity contribution in [1.29, 1.82) is 0 Å². The summed E-state index contributed by atoms with van der Waals surface area (Å²) < 4.78 is 0. The number of nitrogens with two attached hydrogens (primary N) is 1. The lowest BCUT2D eigenvalue weighted by Gasteiger charge is -2.08. The quantitative estimate of drug-likeness (QED) is 0.380. The van der Waals surface area contributed by atoms with E-state index in [0.29, 0.717) is 5.69 Å². The second-order valence-corrected chi connectivity index (χ2v) is 4.80. The molecule has 0 spiro atoms. The molecular weight excluding hydrogens is 294 g/mol. The number of hydrogen-bond donors (Lipinski definition) is 2. The van der Waals surface area contributed by atoms with Gasteiger partial charge in [-0.1, -0.05) is 24.9 Å². The first-order valence-electron chi connectivity index (χ1n) is 6.34. The number of rotatable bonds is 5. The Morgan fingerprint density at radius 2 is 2.14 bits per heavy atom. The minimum Gasteiger partial charge on any atom is -0.399 e. The van der Waals surface area contributed by atoms with Gasteiger partial charge in [0.25, 0.3) is 5.69 Å². The van der Waals surface area contributed by atoms with Crippen LogP contribution in [0.2, 0.25) is 5.15 Å². The molecule has 21 heavy (non-hydrogen) atoms. The van der Waals surface area contributed by atoms with Crippen LogP contribution in [0.3, 0.4) is 0 Å². The Kier molecular flexibility index (Phi) is 4.54. The van der Waals surface area contributed by atoms with E-state index in [9.17, 15) is 10.1 Å². The van der Waals surface area contributed by atoms with Gasteiger partial charge in [-0.15, -0.1) is 0 Å². The Labute approximate surface area is 126 Å². The molecule has 1 aromatic carbocycles. The summed E-state index contributed by atoms with van der Waals surface area (Å²) in [6, 6.07) is 6.03. The number of hydrogen-bond acceptors (Lipinski definition) is 6. The molecule has 3 N–H and O–H groups in total. The summed E-state index contributed by atoms with van der Waals surface area (Å²) in [6.45, 7) is 2.02. The highest BCUT2D eigenvalue weighted by molar-refractivity contribution is 6.29. The molecule has 0 unspecified atom stereocenters. The topological polar surface area (TPSA) is 107 Å². The van der Waals surface area contributed by atoms with Gasteiger partial charge in [-0.05, 0) is 24.6 Å². The van der Waals surface area contributed by atoms with E-state index in [1.807, 2.05) is 6.92 Å². The fraction of sp³-hybridized carbons (Fsp3) is 0.231. The van der Waals surface area contributed by atoms with Crippen molar-refractivity contribution in [2.75, 3.05) is 11.1 Å². The zero-order valence-corrected chi connectivity index (χ0v) is 12.1. The first-order valence-corrected chi connectivity index (χ1v) is 6.71. The summed E-state index contributed by atoms with van der Waals surface area (Å²) in [5, 5.41) is 14.1. The molecule has 0 aliphatic heterocycles. The molecule has 0 saturated heterocycles. The average molecular weight is 308 g/mol. The molecule has 110 valence electrons. The first-order chi connectivity index (χ1) is 9.99. The van der Waals surface area contributed by atoms with Crippen molar-refractivity contribution in [3.05, 3.63) is 45.2 Å². The predicted molar refractivity (Wildman–Crippen MR) is 81.8 cm³/mol. The van der Waals surface area contributed by atoms with E-state index < -0.39 is 4.92 Å². The van der Waals surface area contributed by atoms with Gasteiger partial charge in [-0.2, -0.15) is 0 Å². The van der Waals surface area contributed by atoms with Gasteiger partial charge in [0.15, 0.2) is 0 Å². The van der Waals surface area contributed by atoms with Crippen LogP contribution in [0, 0.1) is 10.1 Å². The monoisotopic (exact) mass is 307 g/mol. The largest absolute Gasteiger partial charge is 0.399 e. The summed E-state index contributed by atoms with van der Waals surface area (Å²) in [7, 11) is 0. The minimum atomic E-state index is -0.518. The van der Waals surface area contributed by atoms with Gasteiger partial charge in [-0.25, -0.2) is 9.97 Å². The molecule has 0 bridgehead atoms. The minimum absolute atomic E-state index is 0.143. The third-order valence-corrected chi connectivity index (χ3v) is 2.91. The third-order valence-electron chi connectivity index (χ3n) is 2.72. The molecule has 0 saturated carbocycles. The summed E-state index contributed by atoms with van der Waals surface area (Å²) in [6.07, 6.45) is 1.66. The molecule has 2 rings (SSSR count). The zero-order chi connectivity index (χ0) is 15.4. The van der Waals surface area contributed by atoms with Gasteiger partial charge in [0.05, 0.1) is 4.92 Å². The SMILES string of the molecule is CCCc1cc(Cl)nc(Nc2ccc(N)cc2[N+](=O)[O-])n1. The van der Waals surface area contributed by atoms with Crippen LogP contribution in [0.25, 0.3) is 0 Å². The van der Waals surface area contributed by atoms with E-state index in [-0.39, 0.29) is 22.5 Å². The molecule has 0 amide bonds. The van der Waals surface area contributed by atoms with Crippen LogP contribution in [-0.2, 0) is 6.42 Å². The van der Waals surface area contributed by atoms with Crippen LogP contribution in [0.5, 0.6) is 0 Å². The van der Waals surface area contributed by atoms with E-state index in [0.717, 1.165) is 18.5 Å². The average Bonchev–Trinajstić information content (AvgIpc) is 2.40. The number of nitrogens with zero attached hydrogens (tertiary/aromatic N) is 3. The standard InChI is InChI=1S/C13H14ClN5O2/c1-2-3-9-7-12(14)18-13(16-9)17-10-5-4-8(15)6-11(10)19(20)21/h4-7H,2-3,15H2,1H3,(H,16,17,18). The van der Waals surface area contributed by atoms with Crippen LogP contribution in [0.15, 0.2) is 24.3 Å². The Bertz CT molecular complexity index is 678. The summed E-state index contributed by atoms with van der Waals surface area (Å²) in [5.41, 5.74) is 6.77. The zero-order valence-electron chi connectivity index (χ0n) is 11.3. The molecule has 1 heterocycles. The normalized spacial score (nSPS) is 10.4. The fourth-order valence-electron chi connectivity index (χ4n) is 1.83. The molecule has 7 nitrogen and oxygen atoms in total. The molecular formula is C13H14ClN5O2. The Balaban J connectivity index is 2.36. The van der Waals surface area contributed by atoms with Gasteiger partial charge < -0.3 is 11.1 Å². The summed E-state index contributed by atoms with van der Waals surface area (Å²) in [4.78, 5) is 18.8. The van der Waals surface area contributed by atoms with E-state index in [4.69, 9.17) is 17.3 Å². The number of nitrogen functional groups attached to an aromatic ring is 1. The van der Waals surface area contributed by atoms with Crippen LogP contribution < -0.4 is 11.1 Å². The van der Waals surface area contributed by atoms with Crippen LogP contribution >= 0.6 is 11.6 Å². The Morgan fingerprint density at radius 1 is 1.38 bits per heavy atom. The smallest absolute Gasteiger partial charge is 0.294 e. The molecule has 0 aliphatic carbocycles. The maximum atomic E-state index is 11.0. The number of benzene rings is 1. The highest BCUT2D eigenvalue weighted by Crippen LogP contribution is 2.28. The number of aromatic nitrogens is 2. The molecule has 0 aliphatic rings. The van der Waals surface area contributed by atoms with Crippen molar-refractivity contribution in [3.8, 4) is 0 Å². The van der Waals surface area contributed by atoms with Crippen molar-refractivity contribution in [1.82, 2.24) is 9.97 Å². The summed E-state index contributed by atoms with van der Waals surface area (Å²) >= 11 is 5.93. The summed E-state index contributed by atoms with van der Waals surface area (Å²) in [5.74, 6) is 0.221. The number of aryl methyl sites for hydroxylation is 1. The van der Waals surface area contributed by atoms with E-state index in [2.05, 4.69) is 15.3 Å². The van der Waals surface area contributed by atoms with Gasteiger partial charge in [0, 0.05) is 17.4 Å². The van der Waals surface area contributed by atoms with Gasteiger partial charge in [0.2, 0.25) is 5.95 Å². The maximum absolute atomic E-state index is 11.0. The van der Waals surface area contributed by atoms with Crippen LogP contribution in [0.1, 0.15) is 19.0 Å². The number of nitrogens with one attached hydrogen (secondary N) is 1. The van der Waals surface area contributed by atoms with Gasteiger partial charge >= 0.3 is 0 Å². The van der Waals surface area contributed by atoms with Gasteiger partial charge in [-0.3, -0.25) is 10.1 Å². The molecule has 0 radical (unpaired) electrons. The molecule has 0 fully saturated rings. The van der Waals surface area contributed by atoms with Crippen molar-refractivity contribution < 1.29 is 4.92 Å². The van der Waals surface area contributed by atoms with Crippen molar-refractivity contribution in [2.45, 2.75) is 19.8 Å². The third kappa shape index (κ3) is 3.79. The van der Waals surface area contributed by atoms with Crippen molar-refractivity contribution in [2.24, 2.45) is 0 Å². The first kappa shape index (κ1) is 15.0. The number of anilines is 3. The second kappa shape index (κ2) is 6.36. The molecule has 0 atom stereocenters. The van der Waals surface area contributed by atoms with Crippen LogP contribution in [0.4, 0.5) is 23.0 Å². The van der Waals surface area contributed by atoms with E-state index in [1.165, 1.54) is 12.1 Å². The Hall–Kier alpha value is -2.41. The van der Waals surface area contributed by atoms with E-state index in [1.54, 1.807) is 12.1 Å². The van der Waals surface area contributed by atoms with Crippen LogP contribution in [-0.4, -0.2) is 14.9 Å². The van der Waals surface area contributed by atoms with Crippen molar-refractivity contribution in [3.63, 3.8) is 0 Å². The van der Waals surface area contributed by atoms with Gasteiger partial charge in [0.1, 0.15) is 10.8 Å². The lowest BCUT2D eigenvalue weighted by molar-refractivity contribution is -0.383. The maximum Gasteiger partial charge on any atom is 0.294 e. The number of nitro groups is 1. The number of nitro benzene ring substituents is 1. The lowest BCUT2D eigenvalue weighted by atomic mass is 10.2. The Morgan fingerprint density at radius 3 is 2.81 bits per heavy atom. The molecule has 1 aromatic heterocycles. The highest BCUT2D eigenvalue weighted by Gasteiger charge is 2.15. The van der Waals surface area contributed by atoms with E-state index >= 15 is 0 Å².